The Morgan fingerprint density at radius 3 is 2.35 bits per heavy atom. The molecule has 1 fully saturated rings. The average Bonchev–Trinajstić information content (AvgIpc) is 2.84. The van der Waals surface area contributed by atoms with Gasteiger partial charge in [0, 0.05) is 43.4 Å². The second-order valence-corrected chi connectivity index (χ2v) is 10.3. The number of aliphatic hydroxyl groups is 1. The van der Waals surface area contributed by atoms with Gasteiger partial charge < -0.3 is 10.5 Å². The second-order valence-electron chi connectivity index (χ2n) is 8.56. The maximum Gasteiger partial charge on any atom is 0.269 e. The van der Waals surface area contributed by atoms with Crippen molar-refractivity contribution in [1.29, 1.82) is 0 Å². The highest BCUT2D eigenvalue weighted by Gasteiger charge is 2.23. The molecule has 0 aliphatic carbocycles. The van der Waals surface area contributed by atoms with Crippen LogP contribution in [-0.2, 0) is 16.4 Å². The van der Waals surface area contributed by atoms with Crippen molar-refractivity contribution in [3.8, 4) is 0 Å². The first-order valence-electron chi connectivity index (χ1n) is 11.4. The van der Waals surface area contributed by atoms with Crippen molar-refractivity contribution < 1.29 is 18.4 Å². The molecule has 1 aliphatic rings. The Bertz CT molecular complexity index is 1050. The summed E-state index contributed by atoms with van der Waals surface area (Å²) in [6.45, 7) is 5.92. The van der Waals surface area contributed by atoms with Gasteiger partial charge in [-0.05, 0) is 43.4 Å². The number of non-ortho nitro benzene ring substituents is 1. The number of rotatable bonds is 12. The van der Waals surface area contributed by atoms with Gasteiger partial charge in [0.25, 0.3) is 5.69 Å². The van der Waals surface area contributed by atoms with Crippen LogP contribution in [0.1, 0.15) is 31.2 Å². The number of allylic oxidation sites excluding steroid dienone is 1. The van der Waals surface area contributed by atoms with Crippen LogP contribution in [-0.4, -0.2) is 49.2 Å². The number of benzene rings is 2. The van der Waals surface area contributed by atoms with E-state index in [0.717, 1.165) is 49.3 Å². The minimum absolute atomic E-state index is 0.0951. The molecule has 1 aliphatic heterocycles. The molecule has 0 radical (unpaired) electrons. The number of nitro groups is 1. The van der Waals surface area contributed by atoms with Gasteiger partial charge >= 0.3 is 0 Å². The summed E-state index contributed by atoms with van der Waals surface area (Å²) in [5, 5.41) is 23.6. The molecule has 2 aromatic carbocycles. The van der Waals surface area contributed by atoms with Crippen molar-refractivity contribution in [3.05, 3.63) is 82.6 Å². The average molecular weight is 489 g/mol. The van der Waals surface area contributed by atoms with Crippen LogP contribution < -0.4 is 10.1 Å². The SMILES string of the molecule is C=C(NN1CCCCC1)[C@@H](Cc1ccccc1)C[C@H](O)CNS(=O)(=O)c1ccc([N+](=O)[O-])cc1. The monoisotopic (exact) mass is 488 g/mol. The molecule has 1 saturated heterocycles. The zero-order valence-electron chi connectivity index (χ0n) is 19.1. The number of nitro benzene ring substituents is 1. The lowest BCUT2D eigenvalue weighted by Crippen LogP contribution is -2.43. The Hall–Kier alpha value is -2.79. The van der Waals surface area contributed by atoms with Crippen LogP contribution in [0.4, 0.5) is 5.69 Å². The van der Waals surface area contributed by atoms with E-state index >= 15 is 0 Å². The summed E-state index contributed by atoms with van der Waals surface area (Å²) in [6.07, 6.45) is 3.49. The Morgan fingerprint density at radius 2 is 1.74 bits per heavy atom. The van der Waals surface area contributed by atoms with Gasteiger partial charge in [-0.1, -0.05) is 43.3 Å². The van der Waals surface area contributed by atoms with E-state index in [0.29, 0.717) is 12.8 Å². The summed E-state index contributed by atoms with van der Waals surface area (Å²) in [5.41, 5.74) is 5.10. The summed E-state index contributed by atoms with van der Waals surface area (Å²) in [7, 11) is -3.91. The number of hydrogen-bond acceptors (Lipinski definition) is 7. The van der Waals surface area contributed by atoms with Crippen molar-refractivity contribution in [2.45, 2.75) is 43.1 Å². The van der Waals surface area contributed by atoms with E-state index in [1.54, 1.807) is 0 Å². The highest BCUT2D eigenvalue weighted by atomic mass is 32.2. The minimum atomic E-state index is -3.91. The number of sulfonamides is 1. The van der Waals surface area contributed by atoms with Crippen LogP contribution in [0.3, 0.4) is 0 Å². The molecule has 10 heteroatoms. The molecular weight excluding hydrogens is 456 g/mol. The fraction of sp³-hybridized carbons (Fsp3) is 0.417. The van der Waals surface area contributed by atoms with E-state index in [1.807, 2.05) is 30.3 Å². The van der Waals surface area contributed by atoms with Gasteiger partial charge in [0.15, 0.2) is 0 Å². The molecule has 0 amide bonds. The molecule has 1 heterocycles. The summed E-state index contributed by atoms with van der Waals surface area (Å²) in [5.74, 6) is -0.108. The highest BCUT2D eigenvalue weighted by molar-refractivity contribution is 7.89. The number of hydrazine groups is 1. The molecule has 3 rings (SSSR count). The van der Waals surface area contributed by atoms with E-state index in [1.165, 1.54) is 18.6 Å². The zero-order valence-corrected chi connectivity index (χ0v) is 19.9. The fourth-order valence-corrected chi connectivity index (χ4v) is 5.07. The lowest BCUT2D eigenvalue weighted by atomic mass is 9.91. The van der Waals surface area contributed by atoms with Crippen molar-refractivity contribution >= 4 is 15.7 Å². The smallest absolute Gasteiger partial charge is 0.269 e. The first-order valence-corrected chi connectivity index (χ1v) is 12.9. The molecular formula is C24H32N4O5S. The van der Waals surface area contributed by atoms with E-state index in [-0.39, 0.29) is 23.0 Å². The van der Waals surface area contributed by atoms with Crippen molar-refractivity contribution in [2.24, 2.45) is 5.92 Å². The maximum absolute atomic E-state index is 12.6. The molecule has 0 saturated carbocycles. The lowest BCUT2D eigenvalue weighted by Gasteiger charge is -2.32. The van der Waals surface area contributed by atoms with Crippen molar-refractivity contribution in [2.75, 3.05) is 19.6 Å². The van der Waals surface area contributed by atoms with Crippen molar-refractivity contribution in [1.82, 2.24) is 15.2 Å². The molecule has 9 nitrogen and oxygen atoms in total. The molecule has 3 N–H and O–H groups in total. The largest absolute Gasteiger partial charge is 0.392 e. The van der Waals surface area contributed by atoms with Crippen LogP contribution >= 0.6 is 0 Å². The summed E-state index contributed by atoms with van der Waals surface area (Å²) in [4.78, 5) is 10.1. The molecule has 0 aromatic heterocycles. The van der Waals surface area contributed by atoms with Gasteiger partial charge in [-0.25, -0.2) is 18.1 Å². The molecule has 0 bridgehead atoms. The van der Waals surface area contributed by atoms with Crippen LogP contribution in [0.2, 0.25) is 0 Å². The third-order valence-electron chi connectivity index (χ3n) is 5.90. The molecule has 2 atom stereocenters. The van der Waals surface area contributed by atoms with E-state index in [4.69, 9.17) is 0 Å². The number of nitrogens with zero attached hydrogens (tertiary/aromatic N) is 2. The Balaban J connectivity index is 1.62. The molecule has 2 aromatic rings. The van der Waals surface area contributed by atoms with Crippen molar-refractivity contribution in [3.63, 3.8) is 0 Å². The molecule has 184 valence electrons. The molecule has 34 heavy (non-hydrogen) atoms. The van der Waals surface area contributed by atoms with Gasteiger partial charge in [-0.3, -0.25) is 10.1 Å². The minimum Gasteiger partial charge on any atom is -0.392 e. The van der Waals surface area contributed by atoms with Crippen LogP contribution in [0.5, 0.6) is 0 Å². The number of hydrogen-bond donors (Lipinski definition) is 3. The fourth-order valence-electron chi connectivity index (χ4n) is 4.00. The third-order valence-corrected chi connectivity index (χ3v) is 7.34. The Kier molecular flexibility index (Phi) is 9.17. The topological polar surface area (TPSA) is 125 Å². The quantitative estimate of drug-likeness (QED) is 0.310. The molecule has 0 spiro atoms. The third kappa shape index (κ3) is 7.63. The van der Waals surface area contributed by atoms with Gasteiger partial charge in [0.05, 0.1) is 15.9 Å². The normalized spacial score (nSPS) is 16.5. The lowest BCUT2D eigenvalue weighted by molar-refractivity contribution is -0.384. The highest BCUT2D eigenvalue weighted by Crippen LogP contribution is 2.22. The van der Waals surface area contributed by atoms with Crippen LogP contribution in [0, 0.1) is 16.0 Å². The summed E-state index contributed by atoms with van der Waals surface area (Å²) >= 11 is 0. The predicted octanol–water partition coefficient (Wildman–Crippen LogP) is 2.99. The van der Waals surface area contributed by atoms with Gasteiger partial charge in [0.1, 0.15) is 0 Å². The number of nitrogens with one attached hydrogen (secondary N) is 2. The number of aliphatic hydroxyl groups excluding tert-OH is 1. The van der Waals surface area contributed by atoms with E-state index < -0.39 is 21.1 Å². The predicted molar refractivity (Wildman–Crippen MR) is 130 cm³/mol. The standard InChI is InChI=1S/C24H32N4O5S/c1-19(26-27-14-6-3-7-15-27)21(16-20-8-4-2-5-9-20)17-23(29)18-25-34(32,33)24-12-10-22(11-13-24)28(30)31/h2,4-5,8-13,21,23,25-26,29H,1,3,6-7,14-18H2/t21-,23-/m0/s1. The summed E-state index contributed by atoms with van der Waals surface area (Å²) in [6, 6.07) is 14.5. The first kappa shape index (κ1) is 25.8. The number of piperidine rings is 1. The van der Waals surface area contributed by atoms with Crippen LogP contribution in [0.25, 0.3) is 0 Å². The Morgan fingerprint density at radius 1 is 1.09 bits per heavy atom. The van der Waals surface area contributed by atoms with Crippen LogP contribution in [0.15, 0.2) is 71.8 Å². The van der Waals surface area contributed by atoms with Gasteiger partial charge in [0.2, 0.25) is 10.0 Å². The Labute approximate surface area is 200 Å². The zero-order chi connectivity index (χ0) is 24.6. The van der Waals surface area contributed by atoms with E-state index in [9.17, 15) is 23.6 Å². The van der Waals surface area contributed by atoms with E-state index in [2.05, 4.69) is 21.7 Å². The maximum atomic E-state index is 12.6. The first-order chi connectivity index (χ1) is 16.2. The second kappa shape index (κ2) is 12.1. The molecule has 0 unspecified atom stereocenters. The summed E-state index contributed by atoms with van der Waals surface area (Å²) < 4.78 is 27.5. The van der Waals surface area contributed by atoms with Gasteiger partial charge in [-0.2, -0.15) is 0 Å². The van der Waals surface area contributed by atoms with Gasteiger partial charge in [-0.15, -0.1) is 0 Å².